The highest BCUT2D eigenvalue weighted by Gasteiger charge is 2.26. The summed E-state index contributed by atoms with van der Waals surface area (Å²) < 4.78 is 7.39. The molecule has 4 heterocycles. The van der Waals surface area contributed by atoms with Crippen LogP contribution in [0.25, 0.3) is 21.0 Å². The minimum Gasteiger partial charge on any atom is -0.333 e. The molecule has 1 N–H and O–H groups in total. The highest BCUT2D eigenvalue weighted by atomic mass is 35.5. The van der Waals surface area contributed by atoms with Crippen molar-refractivity contribution in [3.63, 3.8) is 0 Å². The lowest BCUT2D eigenvalue weighted by Crippen LogP contribution is -2.44. The van der Waals surface area contributed by atoms with Crippen molar-refractivity contribution >= 4 is 34.0 Å². The van der Waals surface area contributed by atoms with E-state index in [2.05, 4.69) is 38.6 Å². The number of thiophene rings is 1. The van der Waals surface area contributed by atoms with Crippen LogP contribution in [0.3, 0.4) is 0 Å². The highest BCUT2D eigenvalue weighted by Crippen LogP contribution is 2.34. The molecule has 3 aromatic heterocycles. The quantitative estimate of drug-likeness (QED) is 0.758. The minimum absolute atomic E-state index is 0. The van der Waals surface area contributed by atoms with Gasteiger partial charge in [0.2, 0.25) is 0 Å². The first-order valence-corrected chi connectivity index (χ1v) is 8.13. The van der Waals surface area contributed by atoms with Crippen LogP contribution in [-0.2, 0) is 7.05 Å². The molecule has 1 atom stereocenters. The molecule has 9 heteroatoms. The summed E-state index contributed by atoms with van der Waals surface area (Å²) in [5, 5.41) is 13.1. The Morgan fingerprint density at radius 1 is 1.39 bits per heavy atom. The Morgan fingerprint density at radius 2 is 2.22 bits per heavy atom. The third-order valence-corrected chi connectivity index (χ3v) is 5.35. The number of hydrogen-bond donors (Lipinski definition) is 1. The number of aromatic nitrogens is 4. The number of nitrogens with zero attached hydrogens (tertiary/aromatic N) is 5. The van der Waals surface area contributed by atoms with Crippen LogP contribution in [-0.4, -0.2) is 51.5 Å². The Kier molecular flexibility index (Phi) is 4.41. The summed E-state index contributed by atoms with van der Waals surface area (Å²) in [4.78, 5) is 8.99. The van der Waals surface area contributed by atoms with Gasteiger partial charge in [-0.15, -0.1) is 23.7 Å². The molecule has 3 aromatic rings. The predicted octanol–water partition coefficient (Wildman–Crippen LogP) is 1.99. The molecule has 7 nitrogen and oxygen atoms in total. The Balaban J connectivity index is 0.00000156. The van der Waals surface area contributed by atoms with Gasteiger partial charge in [0.05, 0.1) is 16.6 Å². The van der Waals surface area contributed by atoms with E-state index in [0.717, 1.165) is 46.2 Å². The number of aryl methyl sites for hydroxylation is 2. The molecule has 23 heavy (non-hydrogen) atoms. The maximum absolute atomic E-state index is 5.50. The lowest BCUT2D eigenvalue weighted by molar-refractivity contribution is 0.190. The molecule has 1 aliphatic rings. The van der Waals surface area contributed by atoms with Gasteiger partial charge in [-0.25, -0.2) is 0 Å². The first-order chi connectivity index (χ1) is 10.6. The third kappa shape index (κ3) is 2.76. The number of rotatable bonds is 2. The summed E-state index contributed by atoms with van der Waals surface area (Å²) >= 11 is 1.63. The second kappa shape index (κ2) is 6.20. The van der Waals surface area contributed by atoms with Crippen molar-refractivity contribution in [1.29, 1.82) is 0 Å². The van der Waals surface area contributed by atoms with E-state index >= 15 is 0 Å². The predicted molar refractivity (Wildman–Crippen MR) is 92.1 cm³/mol. The van der Waals surface area contributed by atoms with Crippen LogP contribution in [0.4, 0.5) is 0 Å². The van der Waals surface area contributed by atoms with Crippen molar-refractivity contribution in [2.45, 2.75) is 13.0 Å². The fourth-order valence-electron chi connectivity index (χ4n) is 2.88. The number of hydrogen-bond acceptors (Lipinski definition) is 7. The standard InChI is InChI=1S/C14H18N6OS.ClH/c1-8-9-6-11(22-14(9)20(3)17-8)13-16-12(18-21-13)10-7-15-4-5-19(10)2;/h6,10,15H,4-5,7H2,1-3H3;1H. The molecule has 0 spiro atoms. The van der Waals surface area contributed by atoms with Crippen LogP contribution in [0.5, 0.6) is 0 Å². The summed E-state index contributed by atoms with van der Waals surface area (Å²) in [6, 6.07) is 2.26. The molecule has 0 aliphatic carbocycles. The van der Waals surface area contributed by atoms with Crippen LogP contribution in [0.1, 0.15) is 17.6 Å². The van der Waals surface area contributed by atoms with Crippen molar-refractivity contribution in [2.24, 2.45) is 7.05 Å². The van der Waals surface area contributed by atoms with E-state index in [4.69, 9.17) is 4.52 Å². The van der Waals surface area contributed by atoms with Gasteiger partial charge in [-0.1, -0.05) is 5.16 Å². The second-order valence-corrected chi connectivity index (χ2v) is 6.73. The van der Waals surface area contributed by atoms with Gasteiger partial charge in [-0.3, -0.25) is 9.58 Å². The largest absolute Gasteiger partial charge is 0.333 e. The lowest BCUT2D eigenvalue weighted by Gasteiger charge is -2.30. The molecule has 1 saturated heterocycles. The average molecular weight is 355 g/mol. The van der Waals surface area contributed by atoms with Gasteiger partial charge >= 0.3 is 0 Å². The van der Waals surface area contributed by atoms with Gasteiger partial charge in [0.15, 0.2) is 5.82 Å². The van der Waals surface area contributed by atoms with E-state index in [9.17, 15) is 0 Å². The van der Waals surface area contributed by atoms with E-state index < -0.39 is 0 Å². The summed E-state index contributed by atoms with van der Waals surface area (Å²) in [5.41, 5.74) is 1.02. The fourth-order valence-corrected chi connectivity index (χ4v) is 3.92. The molecular weight excluding hydrogens is 336 g/mol. The molecule has 0 saturated carbocycles. The Labute approximate surface area is 144 Å². The van der Waals surface area contributed by atoms with Crippen LogP contribution in [0.2, 0.25) is 0 Å². The minimum atomic E-state index is 0. The van der Waals surface area contributed by atoms with Crippen molar-refractivity contribution in [3.05, 3.63) is 17.6 Å². The van der Waals surface area contributed by atoms with Crippen molar-refractivity contribution in [1.82, 2.24) is 30.1 Å². The van der Waals surface area contributed by atoms with E-state index in [1.807, 2.05) is 18.7 Å². The Morgan fingerprint density at radius 3 is 2.96 bits per heavy atom. The summed E-state index contributed by atoms with van der Waals surface area (Å²) in [6.45, 7) is 4.86. The topological polar surface area (TPSA) is 72.0 Å². The first-order valence-electron chi connectivity index (χ1n) is 7.31. The average Bonchev–Trinajstić information content (AvgIpc) is 3.18. The van der Waals surface area contributed by atoms with Crippen LogP contribution < -0.4 is 5.32 Å². The van der Waals surface area contributed by atoms with Gasteiger partial charge < -0.3 is 9.84 Å². The molecule has 0 bridgehead atoms. The third-order valence-electron chi connectivity index (χ3n) is 4.16. The van der Waals surface area contributed by atoms with Gasteiger partial charge in [0.25, 0.3) is 5.89 Å². The molecule has 124 valence electrons. The number of halogens is 1. The lowest BCUT2D eigenvalue weighted by atomic mass is 10.2. The zero-order valence-electron chi connectivity index (χ0n) is 13.2. The maximum Gasteiger partial charge on any atom is 0.268 e. The zero-order chi connectivity index (χ0) is 15.3. The summed E-state index contributed by atoms with van der Waals surface area (Å²) in [7, 11) is 4.05. The van der Waals surface area contributed by atoms with Gasteiger partial charge in [0.1, 0.15) is 4.83 Å². The Hall–Kier alpha value is -1.48. The molecule has 1 aliphatic heterocycles. The fraction of sp³-hybridized carbons (Fsp3) is 0.500. The van der Waals surface area contributed by atoms with E-state index in [1.165, 1.54) is 0 Å². The highest BCUT2D eigenvalue weighted by molar-refractivity contribution is 7.21. The molecular formula is C14H19ClN6OS. The van der Waals surface area contributed by atoms with Crippen molar-refractivity contribution < 1.29 is 4.52 Å². The van der Waals surface area contributed by atoms with E-state index in [-0.39, 0.29) is 18.4 Å². The normalized spacial score (nSPS) is 19.2. The summed E-state index contributed by atoms with van der Waals surface area (Å²) in [5.74, 6) is 1.34. The number of fused-ring (bicyclic) bond motifs is 1. The Bertz CT molecular complexity index is 790. The van der Waals surface area contributed by atoms with E-state index in [0.29, 0.717) is 5.89 Å². The molecule has 0 aromatic carbocycles. The molecule has 1 unspecified atom stereocenters. The first kappa shape index (κ1) is 16.4. The van der Waals surface area contributed by atoms with Crippen LogP contribution in [0, 0.1) is 6.92 Å². The number of nitrogens with one attached hydrogen (secondary N) is 1. The maximum atomic E-state index is 5.50. The van der Waals surface area contributed by atoms with Gasteiger partial charge in [0, 0.05) is 32.1 Å². The second-order valence-electron chi connectivity index (χ2n) is 5.70. The number of likely N-dealkylation sites (N-methyl/N-ethyl adjacent to an activating group) is 1. The SMILES string of the molecule is Cc1nn(C)c2sc(-c3nc(C4CNCCN4C)no3)cc12.Cl. The smallest absolute Gasteiger partial charge is 0.268 e. The zero-order valence-corrected chi connectivity index (χ0v) is 14.9. The van der Waals surface area contributed by atoms with Crippen LogP contribution in [0.15, 0.2) is 10.6 Å². The number of piperazine rings is 1. The molecule has 0 amide bonds. The molecule has 0 radical (unpaired) electrons. The van der Waals surface area contributed by atoms with Crippen molar-refractivity contribution in [3.8, 4) is 10.8 Å². The summed E-state index contributed by atoms with van der Waals surface area (Å²) in [6.07, 6.45) is 0. The molecule has 4 rings (SSSR count). The van der Waals surface area contributed by atoms with Gasteiger partial charge in [-0.2, -0.15) is 10.1 Å². The van der Waals surface area contributed by atoms with Crippen molar-refractivity contribution in [2.75, 3.05) is 26.7 Å². The molecule has 1 fully saturated rings. The van der Waals surface area contributed by atoms with Crippen LogP contribution >= 0.6 is 23.7 Å². The van der Waals surface area contributed by atoms with E-state index in [1.54, 1.807) is 11.3 Å². The van der Waals surface area contributed by atoms with Gasteiger partial charge in [-0.05, 0) is 20.0 Å². The monoisotopic (exact) mass is 354 g/mol.